The molecule has 8 heteroatoms. The molecule has 1 saturated heterocycles. The van der Waals surface area contributed by atoms with Crippen LogP contribution in [0.5, 0.6) is 0 Å². The molecule has 0 spiro atoms. The van der Waals surface area contributed by atoms with Gasteiger partial charge in [0.25, 0.3) is 0 Å². The molecule has 0 aliphatic carbocycles. The normalized spacial score (nSPS) is 20.4. The van der Waals surface area contributed by atoms with E-state index in [0.717, 1.165) is 0 Å². The van der Waals surface area contributed by atoms with Gasteiger partial charge in [-0.15, -0.1) is 0 Å². The summed E-state index contributed by atoms with van der Waals surface area (Å²) in [4.78, 5) is 0. The molecule has 0 saturated carbocycles. The van der Waals surface area contributed by atoms with Gasteiger partial charge in [0.15, 0.2) is 0 Å². The van der Waals surface area contributed by atoms with Crippen LogP contribution in [0, 0.1) is 0 Å². The van der Waals surface area contributed by atoms with Crippen molar-refractivity contribution in [3.63, 3.8) is 0 Å². The lowest BCUT2D eigenvalue weighted by Crippen LogP contribution is -2.44. The van der Waals surface area contributed by atoms with Gasteiger partial charge in [-0.25, -0.2) is 0 Å². The third kappa shape index (κ3) is 2.95. The molecule has 2 rings (SSSR count). The highest BCUT2D eigenvalue weighted by atomic mass is 79.9. The highest BCUT2D eigenvalue weighted by Gasteiger charge is 2.53. The van der Waals surface area contributed by atoms with E-state index in [9.17, 15) is 4.57 Å². The van der Waals surface area contributed by atoms with E-state index in [1.165, 1.54) is 14.2 Å². The summed E-state index contributed by atoms with van der Waals surface area (Å²) in [5, 5.41) is 0.429. The Morgan fingerprint density at radius 1 is 1.09 bits per heavy atom. The maximum atomic E-state index is 12.9. The lowest BCUT2D eigenvalue weighted by Gasteiger charge is -2.32. The van der Waals surface area contributed by atoms with Gasteiger partial charge < -0.3 is 18.4 Å². The van der Waals surface area contributed by atoms with Crippen LogP contribution in [0.25, 0.3) is 0 Å². The summed E-state index contributed by atoms with van der Waals surface area (Å²) in [6.45, 7) is 7.88. The first kappa shape index (κ1) is 18.2. The zero-order chi connectivity index (χ0) is 16.8. The van der Waals surface area contributed by atoms with Gasteiger partial charge in [-0.2, -0.15) is 0 Å². The van der Waals surface area contributed by atoms with Crippen LogP contribution in [-0.2, 0) is 22.9 Å². The lowest BCUT2D eigenvalue weighted by atomic mass is 9.79. The summed E-state index contributed by atoms with van der Waals surface area (Å²) in [6.07, 6.45) is 0. The fourth-order valence-corrected chi connectivity index (χ4v) is 4.62. The lowest BCUT2D eigenvalue weighted by molar-refractivity contribution is 0.00578. The van der Waals surface area contributed by atoms with Gasteiger partial charge in [0.05, 0.1) is 16.5 Å². The standard InChI is InChI=1S/C14H21BBrO5P/c1-13(2)14(3,4)21-15(20-13)10-8-7-9-11(16)12(10)22(17,18-5)19-6/h7-9H,1-6H3. The summed E-state index contributed by atoms with van der Waals surface area (Å²) in [5.41, 5.74) is -0.331. The van der Waals surface area contributed by atoms with Crippen LogP contribution < -0.4 is 10.8 Å². The van der Waals surface area contributed by atoms with E-state index in [4.69, 9.17) is 18.4 Å². The third-order valence-electron chi connectivity index (χ3n) is 4.28. The number of hydrogen-bond donors (Lipinski definition) is 0. The van der Waals surface area contributed by atoms with Crippen molar-refractivity contribution >= 4 is 41.4 Å². The molecule has 22 heavy (non-hydrogen) atoms. The Hall–Kier alpha value is -0.165. The van der Waals surface area contributed by atoms with Crippen LogP contribution in [-0.4, -0.2) is 32.5 Å². The SMILES string of the molecule is COP(=O)(OC)c1c(Br)cccc1B1OC(C)(C)C(C)(C)O1. The molecule has 0 atom stereocenters. The molecule has 0 amide bonds. The molecule has 1 fully saturated rings. The van der Waals surface area contributed by atoms with Crippen molar-refractivity contribution in [2.75, 3.05) is 14.2 Å². The molecule has 0 bridgehead atoms. The van der Waals surface area contributed by atoms with E-state index in [1.54, 1.807) is 6.07 Å². The van der Waals surface area contributed by atoms with Crippen LogP contribution in [0.3, 0.4) is 0 Å². The van der Waals surface area contributed by atoms with Crippen LogP contribution in [0.15, 0.2) is 22.7 Å². The molecule has 1 heterocycles. The van der Waals surface area contributed by atoms with Crippen molar-refractivity contribution in [2.24, 2.45) is 0 Å². The molecule has 0 N–H and O–H groups in total. The first-order chi connectivity index (χ1) is 10.1. The molecule has 0 unspecified atom stereocenters. The maximum absolute atomic E-state index is 12.9. The molecule has 1 aliphatic heterocycles. The second-order valence-corrected chi connectivity index (χ2v) is 9.16. The average Bonchev–Trinajstić information content (AvgIpc) is 2.66. The Morgan fingerprint density at radius 2 is 1.59 bits per heavy atom. The van der Waals surface area contributed by atoms with E-state index < -0.39 is 25.9 Å². The molecular formula is C14H21BBrO5P. The summed E-state index contributed by atoms with van der Waals surface area (Å²) < 4.78 is 35.9. The Bertz CT molecular complexity index is 595. The van der Waals surface area contributed by atoms with Gasteiger partial charge in [-0.05, 0) is 55.2 Å². The molecule has 1 aliphatic rings. The predicted molar refractivity (Wildman–Crippen MR) is 91.1 cm³/mol. The second kappa shape index (κ2) is 6.04. The van der Waals surface area contributed by atoms with E-state index >= 15 is 0 Å². The summed E-state index contributed by atoms with van der Waals surface area (Å²) in [6, 6.07) is 5.44. The minimum Gasteiger partial charge on any atom is -0.399 e. The van der Waals surface area contributed by atoms with Crippen molar-refractivity contribution in [1.29, 1.82) is 0 Å². The van der Waals surface area contributed by atoms with E-state index in [0.29, 0.717) is 15.2 Å². The third-order valence-corrected chi connectivity index (χ3v) is 7.26. The van der Waals surface area contributed by atoms with Crippen molar-refractivity contribution < 1.29 is 22.9 Å². The molecule has 1 aromatic rings. The van der Waals surface area contributed by atoms with Gasteiger partial charge in [-0.3, -0.25) is 4.57 Å². The molecule has 5 nitrogen and oxygen atoms in total. The minimum atomic E-state index is -3.45. The zero-order valence-electron chi connectivity index (χ0n) is 13.7. The fraction of sp³-hybridized carbons (Fsp3) is 0.571. The summed E-state index contributed by atoms with van der Waals surface area (Å²) in [7, 11) is -1.38. The predicted octanol–water partition coefficient (Wildman–Crippen LogP) is 2.86. The topological polar surface area (TPSA) is 54.0 Å². The number of hydrogen-bond acceptors (Lipinski definition) is 5. The Labute approximate surface area is 140 Å². The van der Waals surface area contributed by atoms with Crippen LogP contribution in [0.4, 0.5) is 0 Å². The molecule has 1 aromatic carbocycles. The summed E-state index contributed by atoms with van der Waals surface area (Å²) >= 11 is 3.43. The quantitative estimate of drug-likeness (QED) is 0.584. The van der Waals surface area contributed by atoms with Gasteiger partial charge in [-0.1, -0.05) is 12.1 Å². The highest BCUT2D eigenvalue weighted by Crippen LogP contribution is 2.47. The van der Waals surface area contributed by atoms with E-state index in [1.807, 2.05) is 39.8 Å². The van der Waals surface area contributed by atoms with Crippen molar-refractivity contribution in [3.8, 4) is 0 Å². The first-order valence-corrected chi connectivity index (χ1v) is 9.27. The van der Waals surface area contributed by atoms with Crippen LogP contribution >= 0.6 is 23.5 Å². The van der Waals surface area contributed by atoms with E-state index in [2.05, 4.69) is 15.9 Å². The smallest absolute Gasteiger partial charge is 0.399 e. The fourth-order valence-electron chi connectivity index (χ4n) is 2.24. The Kier molecular flexibility index (Phi) is 4.99. The van der Waals surface area contributed by atoms with Gasteiger partial charge >= 0.3 is 14.7 Å². The average molecular weight is 391 g/mol. The number of rotatable bonds is 4. The van der Waals surface area contributed by atoms with Gasteiger partial charge in [0.1, 0.15) is 0 Å². The van der Waals surface area contributed by atoms with Crippen molar-refractivity contribution in [1.82, 2.24) is 0 Å². The van der Waals surface area contributed by atoms with Crippen molar-refractivity contribution in [3.05, 3.63) is 22.7 Å². The first-order valence-electron chi connectivity index (χ1n) is 6.94. The second-order valence-electron chi connectivity index (χ2n) is 6.13. The number of benzene rings is 1. The van der Waals surface area contributed by atoms with Crippen molar-refractivity contribution in [2.45, 2.75) is 38.9 Å². The Morgan fingerprint density at radius 3 is 2.05 bits per heavy atom. The molecular weight excluding hydrogens is 370 g/mol. The van der Waals surface area contributed by atoms with Gasteiger partial charge in [0.2, 0.25) is 0 Å². The van der Waals surface area contributed by atoms with Gasteiger partial charge in [0, 0.05) is 18.7 Å². The van der Waals surface area contributed by atoms with E-state index in [-0.39, 0.29) is 0 Å². The maximum Gasteiger partial charge on any atom is 0.495 e. The van der Waals surface area contributed by atoms with Crippen LogP contribution in [0.1, 0.15) is 27.7 Å². The zero-order valence-corrected chi connectivity index (χ0v) is 16.2. The van der Waals surface area contributed by atoms with Crippen LogP contribution in [0.2, 0.25) is 0 Å². The molecule has 0 radical (unpaired) electrons. The Balaban J connectivity index is 2.55. The molecule has 0 aromatic heterocycles. The minimum absolute atomic E-state index is 0.429. The number of halogens is 1. The molecule has 122 valence electrons. The summed E-state index contributed by atoms with van der Waals surface area (Å²) in [5.74, 6) is 0. The largest absolute Gasteiger partial charge is 0.495 e. The monoisotopic (exact) mass is 390 g/mol. The highest BCUT2D eigenvalue weighted by molar-refractivity contribution is 9.10.